The minimum atomic E-state index is -0.136. The number of carbonyl (C=O) groups excluding carboxylic acids is 1. The molecular formula is C16H22ClNO2. The van der Waals surface area contributed by atoms with E-state index in [9.17, 15) is 4.79 Å². The summed E-state index contributed by atoms with van der Waals surface area (Å²) in [6.45, 7) is 4.35. The van der Waals surface area contributed by atoms with Gasteiger partial charge in [-0.25, -0.2) is 0 Å². The van der Waals surface area contributed by atoms with Crippen LogP contribution in [-0.4, -0.2) is 30.6 Å². The fraction of sp³-hybridized carbons (Fsp3) is 0.562. The molecule has 1 heterocycles. The molecule has 0 radical (unpaired) electrons. The molecule has 0 saturated carbocycles. The average molecular weight is 296 g/mol. The van der Waals surface area contributed by atoms with Gasteiger partial charge in [0.25, 0.3) is 0 Å². The number of nitrogens with zero attached hydrogens (tertiary/aromatic N) is 1. The third-order valence-corrected chi connectivity index (χ3v) is 3.97. The van der Waals surface area contributed by atoms with Gasteiger partial charge in [-0.1, -0.05) is 30.2 Å². The van der Waals surface area contributed by atoms with Crippen LogP contribution >= 0.6 is 11.6 Å². The van der Waals surface area contributed by atoms with Crippen LogP contribution < -0.4 is 0 Å². The molecule has 1 fully saturated rings. The summed E-state index contributed by atoms with van der Waals surface area (Å²) in [6, 6.07) is 7.89. The van der Waals surface area contributed by atoms with Crippen molar-refractivity contribution in [3.63, 3.8) is 0 Å². The highest BCUT2D eigenvalue weighted by Gasteiger charge is 2.25. The van der Waals surface area contributed by atoms with Crippen molar-refractivity contribution in [1.29, 1.82) is 0 Å². The minimum Gasteiger partial charge on any atom is -0.466 e. The standard InChI is InChI=1S/C16H22ClNO2/c1-2-20-16(19)12-15(18-9-4-3-5-10-18)13-7-6-8-14(17)11-13/h6-8,11,15H,2-5,9-10,12H2,1H3. The molecule has 0 aliphatic carbocycles. The van der Waals surface area contributed by atoms with Crippen LogP contribution in [0.1, 0.15) is 44.2 Å². The van der Waals surface area contributed by atoms with E-state index in [-0.39, 0.29) is 12.0 Å². The van der Waals surface area contributed by atoms with Crippen LogP contribution in [0.4, 0.5) is 0 Å². The molecule has 20 heavy (non-hydrogen) atoms. The Hall–Kier alpha value is -1.06. The Labute approximate surface area is 125 Å². The first kappa shape index (κ1) is 15.3. The zero-order valence-electron chi connectivity index (χ0n) is 12.0. The molecule has 1 unspecified atom stereocenters. The molecule has 1 aromatic carbocycles. The summed E-state index contributed by atoms with van der Waals surface area (Å²) in [5.41, 5.74) is 1.10. The van der Waals surface area contributed by atoms with Gasteiger partial charge in [0.05, 0.1) is 13.0 Å². The summed E-state index contributed by atoms with van der Waals surface area (Å²) in [6.07, 6.45) is 4.06. The molecule has 1 aliphatic heterocycles. The molecule has 1 saturated heterocycles. The van der Waals surface area contributed by atoms with Gasteiger partial charge in [-0.15, -0.1) is 0 Å². The van der Waals surface area contributed by atoms with Gasteiger partial charge in [-0.2, -0.15) is 0 Å². The summed E-state index contributed by atoms with van der Waals surface area (Å²) < 4.78 is 5.12. The third-order valence-electron chi connectivity index (χ3n) is 3.73. The van der Waals surface area contributed by atoms with Crippen molar-refractivity contribution in [2.45, 2.75) is 38.6 Å². The summed E-state index contributed by atoms with van der Waals surface area (Å²) in [7, 11) is 0. The minimum absolute atomic E-state index is 0.0769. The fourth-order valence-electron chi connectivity index (χ4n) is 2.78. The van der Waals surface area contributed by atoms with E-state index in [0.717, 1.165) is 18.7 Å². The van der Waals surface area contributed by atoms with Crippen molar-refractivity contribution in [2.24, 2.45) is 0 Å². The monoisotopic (exact) mass is 295 g/mol. The quantitative estimate of drug-likeness (QED) is 0.774. The van der Waals surface area contributed by atoms with Gasteiger partial charge in [0.2, 0.25) is 0 Å². The molecule has 0 bridgehead atoms. The molecule has 3 nitrogen and oxygen atoms in total. The van der Waals surface area contributed by atoms with Crippen LogP contribution in [0.3, 0.4) is 0 Å². The Morgan fingerprint density at radius 2 is 2.10 bits per heavy atom. The van der Waals surface area contributed by atoms with Crippen molar-refractivity contribution < 1.29 is 9.53 Å². The number of piperidine rings is 1. The van der Waals surface area contributed by atoms with Crippen LogP contribution in [0.15, 0.2) is 24.3 Å². The third kappa shape index (κ3) is 4.22. The number of carbonyl (C=O) groups is 1. The molecule has 2 rings (SSSR count). The number of hydrogen-bond acceptors (Lipinski definition) is 3. The first-order valence-electron chi connectivity index (χ1n) is 7.36. The van der Waals surface area contributed by atoms with E-state index in [0.29, 0.717) is 18.1 Å². The van der Waals surface area contributed by atoms with Gasteiger partial charge in [-0.05, 0) is 50.6 Å². The first-order valence-corrected chi connectivity index (χ1v) is 7.73. The lowest BCUT2D eigenvalue weighted by atomic mass is 9.99. The van der Waals surface area contributed by atoms with Gasteiger partial charge in [-0.3, -0.25) is 9.69 Å². The van der Waals surface area contributed by atoms with E-state index in [1.165, 1.54) is 19.3 Å². The Bertz CT molecular complexity index is 444. The average Bonchev–Trinajstić information content (AvgIpc) is 2.46. The number of benzene rings is 1. The van der Waals surface area contributed by atoms with Crippen molar-refractivity contribution in [1.82, 2.24) is 4.90 Å². The molecule has 110 valence electrons. The second kappa shape index (κ2) is 7.65. The van der Waals surface area contributed by atoms with Crippen LogP contribution in [0.5, 0.6) is 0 Å². The van der Waals surface area contributed by atoms with E-state index in [2.05, 4.69) is 4.90 Å². The zero-order valence-corrected chi connectivity index (χ0v) is 12.7. The maximum absolute atomic E-state index is 11.9. The van der Waals surface area contributed by atoms with Crippen LogP contribution in [0, 0.1) is 0 Å². The summed E-state index contributed by atoms with van der Waals surface area (Å²) in [4.78, 5) is 14.3. The van der Waals surface area contributed by atoms with Gasteiger partial charge in [0.15, 0.2) is 0 Å². The topological polar surface area (TPSA) is 29.5 Å². The molecule has 1 atom stereocenters. The zero-order chi connectivity index (χ0) is 14.4. The van der Waals surface area contributed by atoms with E-state index < -0.39 is 0 Å². The number of hydrogen-bond donors (Lipinski definition) is 0. The van der Waals surface area contributed by atoms with E-state index in [4.69, 9.17) is 16.3 Å². The summed E-state index contributed by atoms with van der Waals surface area (Å²) >= 11 is 6.09. The van der Waals surface area contributed by atoms with Gasteiger partial charge in [0, 0.05) is 11.1 Å². The van der Waals surface area contributed by atoms with Gasteiger partial charge >= 0.3 is 5.97 Å². The lowest BCUT2D eigenvalue weighted by molar-refractivity contribution is -0.144. The molecule has 0 aromatic heterocycles. The number of rotatable bonds is 5. The smallest absolute Gasteiger partial charge is 0.307 e. The summed E-state index contributed by atoms with van der Waals surface area (Å²) in [5.74, 6) is -0.136. The molecule has 1 aromatic rings. The van der Waals surface area contributed by atoms with Crippen LogP contribution in [0.2, 0.25) is 5.02 Å². The van der Waals surface area contributed by atoms with Crippen molar-refractivity contribution >= 4 is 17.6 Å². The van der Waals surface area contributed by atoms with E-state index >= 15 is 0 Å². The maximum atomic E-state index is 11.9. The SMILES string of the molecule is CCOC(=O)CC(c1cccc(Cl)c1)N1CCCCC1. The Morgan fingerprint density at radius 3 is 2.75 bits per heavy atom. The predicted octanol–water partition coefficient (Wildman–Crippen LogP) is 3.82. The first-order chi connectivity index (χ1) is 9.70. The molecule has 4 heteroatoms. The van der Waals surface area contributed by atoms with Crippen LogP contribution in [-0.2, 0) is 9.53 Å². The number of ether oxygens (including phenoxy) is 1. The number of halogens is 1. The number of esters is 1. The molecular weight excluding hydrogens is 274 g/mol. The number of likely N-dealkylation sites (tertiary alicyclic amines) is 1. The lowest BCUT2D eigenvalue weighted by Gasteiger charge is -2.34. The van der Waals surface area contributed by atoms with Crippen molar-refractivity contribution in [3.05, 3.63) is 34.9 Å². The Kier molecular flexibility index (Phi) is 5.86. The van der Waals surface area contributed by atoms with Crippen molar-refractivity contribution in [2.75, 3.05) is 19.7 Å². The lowest BCUT2D eigenvalue weighted by Crippen LogP contribution is -2.35. The Balaban J connectivity index is 2.16. The maximum Gasteiger partial charge on any atom is 0.307 e. The molecule has 0 N–H and O–H groups in total. The highest BCUT2D eigenvalue weighted by Crippen LogP contribution is 2.29. The second-order valence-corrected chi connectivity index (χ2v) is 5.61. The van der Waals surface area contributed by atoms with E-state index in [1.807, 2.05) is 31.2 Å². The van der Waals surface area contributed by atoms with Crippen LogP contribution in [0.25, 0.3) is 0 Å². The van der Waals surface area contributed by atoms with E-state index in [1.54, 1.807) is 0 Å². The predicted molar refractivity (Wildman–Crippen MR) is 80.9 cm³/mol. The normalized spacial score (nSPS) is 17.7. The Morgan fingerprint density at radius 1 is 1.35 bits per heavy atom. The molecule has 1 aliphatic rings. The second-order valence-electron chi connectivity index (χ2n) is 5.18. The molecule has 0 amide bonds. The summed E-state index contributed by atoms with van der Waals surface area (Å²) in [5, 5.41) is 0.716. The van der Waals surface area contributed by atoms with Crippen molar-refractivity contribution in [3.8, 4) is 0 Å². The highest BCUT2D eigenvalue weighted by atomic mass is 35.5. The van der Waals surface area contributed by atoms with Gasteiger partial charge in [0.1, 0.15) is 0 Å². The molecule has 0 spiro atoms. The fourth-order valence-corrected chi connectivity index (χ4v) is 2.98. The highest BCUT2D eigenvalue weighted by molar-refractivity contribution is 6.30. The van der Waals surface area contributed by atoms with Gasteiger partial charge < -0.3 is 4.74 Å². The largest absolute Gasteiger partial charge is 0.466 e.